The molecule has 0 saturated heterocycles. The van der Waals surface area contributed by atoms with Gasteiger partial charge in [-0.15, -0.1) is 0 Å². The Morgan fingerprint density at radius 2 is 1.80 bits per heavy atom. The van der Waals surface area contributed by atoms with Crippen molar-refractivity contribution in [1.82, 2.24) is 4.90 Å². The summed E-state index contributed by atoms with van der Waals surface area (Å²) >= 11 is 0. The second kappa shape index (κ2) is 3.86. The number of hydrogen-bond acceptors (Lipinski definition) is 2. The van der Waals surface area contributed by atoms with Gasteiger partial charge in [-0.2, -0.15) is 0 Å². The van der Waals surface area contributed by atoms with Gasteiger partial charge in [0.15, 0.2) is 0 Å². The summed E-state index contributed by atoms with van der Waals surface area (Å²) in [7, 11) is 0. The van der Waals surface area contributed by atoms with Crippen LogP contribution >= 0.6 is 0 Å². The van der Waals surface area contributed by atoms with Gasteiger partial charge in [-0.3, -0.25) is 4.90 Å². The van der Waals surface area contributed by atoms with E-state index in [0.717, 1.165) is 18.8 Å². The molecule has 2 N–H and O–H groups in total. The summed E-state index contributed by atoms with van der Waals surface area (Å²) in [5, 5.41) is 0. The van der Waals surface area contributed by atoms with Gasteiger partial charge in [0.2, 0.25) is 0 Å². The van der Waals surface area contributed by atoms with Gasteiger partial charge in [-0.25, -0.2) is 0 Å². The number of nitrogens with two attached hydrogens (primary N) is 1. The highest BCUT2D eigenvalue weighted by Gasteiger charge is 2.24. The molecule has 1 heterocycles. The number of hydrogen-bond donors (Lipinski definition) is 1. The van der Waals surface area contributed by atoms with E-state index in [2.05, 4.69) is 37.8 Å². The summed E-state index contributed by atoms with van der Waals surface area (Å²) in [6.07, 6.45) is 0. The number of anilines is 1. The van der Waals surface area contributed by atoms with Crippen LogP contribution in [0.2, 0.25) is 0 Å². The molecule has 1 aromatic carbocycles. The van der Waals surface area contributed by atoms with E-state index in [1.54, 1.807) is 0 Å². The summed E-state index contributed by atoms with van der Waals surface area (Å²) < 4.78 is 0. The molecular formula is C13H20N2. The highest BCUT2D eigenvalue weighted by molar-refractivity contribution is 5.46. The predicted molar refractivity (Wildman–Crippen MR) is 64.4 cm³/mol. The smallest absolute Gasteiger partial charge is 0.0317 e. The molecule has 0 amide bonds. The molecule has 0 aliphatic carbocycles. The van der Waals surface area contributed by atoms with Crippen LogP contribution in [0.3, 0.4) is 0 Å². The Morgan fingerprint density at radius 1 is 1.13 bits per heavy atom. The first-order valence-electron chi connectivity index (χ1n) is 5.69. The van der Waals surface area contributed by atoms with Crippen molar-refractivity contribution in [2.24, 2.45) is 5.92 Å². The molecule has 0 spiro atoms. The first-order chi connectivity index (χ1) is 7.08. The largest absolute Gasteiger partial charge is 0.399 e. The van der Waals surface area contributed by atoms with Crippen LogP contribution in [0.25, 0.3) is 0 Å². The van der Waals surface area contributed by atoms with Gasteiger partial charge < -0.3 is 5.73 Å². The molecule has 1 aliphatic rings. The van der Waals surface area contributed by atoms with Gasteiger partial charge in [-0.05, 0) is 36.1 Å². The maximum atomic E-state index is 5.79. The molecule has 2 rings (SSSR count). The van der Waals surface area contributed by atoms with E-state index in [4.69, 9.17) is 5.73 Å². The third-order valence-corrected chi connectivity index (χ3v) is 3.52. The van der Waals surface area contributed by atoms with Crippen molar-refractivity contribution < 1.29 is 0 Å². The first kappa shape index (κ1) is 10.5. The maximum Gasteiger partial charge on any atom is 0.0317 e. The fourth-order valence-corrected chi connectivity index (χ4v) is 2.15. The van der Waals surface area contributed by atoms with E-state index >= 15 is 0 Å². The van der Waals surface area contributed by atoms with Crippen molar-refractivity contribution in [3.8, 4) is 0 Å². The highest BCUT2D eigenvalue weighted by atomic mass is 15.2. The van der Waals surface area contributed by atoms with Gasteiger partial charge in [0.05, 0.1) is 0 Å². The fourth-order valence-electron chi connectivity index (χ4n) is 2.15. The number of nitrogens with zero attached hydrogens (tertiary/aromatic N) is 1. The Bertz CT molecular complexity index is 358. The lowest BCUT2D eigenvalue weighted by atomic mass is 10.1. The van der Waals surface area contributed by atoms with Crippen molar-refractivity contribution in [3.63, 3.8) is 0 Å². The van der Waals surface area contributed by atoms with Crippen molar-refractivity contribution in [2.75, 3.05) is 5.73 Å². The molecule has 0 fully saturated rings. The van der Waals surface area contributed by atoms with Gasteiger partial charge >= 0.3 is 0 Å². The molecule has 0 bridgehead atoms. The summed E-state index contributed by atoms with van der Waals surface area (Å²) in [5.74, 6) is 0.705. The van der Waals surface area contributed by atoms with Crippen LogP contribution < -0.4 is 5.73 Å². The van der Waals surface area contributed by atoms with Crippen LogP contribution in [0.15, 0.2) is 18.2 Å². The maximum absolute atomic E-state index is 5.79. The predicted octanol–water partition coefficient (Wildman–Crippen LogP) is 2.63. The molecule has 0 aromatic heterocycles. The average Bonchev–Trinajstić information content (AvgIpc) is 2.58. The zero-order valence-electron chi connectivity index (χ0n) is 9.83. The van der Waals surface area contributed by atoms with E-state index in [1.807, 2.05) is 6.07 Å². The van der Waals surface area contributed by atoms with Gasteiger partial charge in [-0.1, -0.05) is 19.9 Å². The highest BCUT2D eigenvalue weighted by Crippen LogP contribution is 2.27. The molecule has 1 atom stereocenters. The van der Waals surface area contributed by atoms with Gasteiger partial charge in [0.25, 0.3) is 0 Å². The lowest BCUT2D eigenvalue weighted by Crippen LogP contribution is -2.32. The van der Waals surface area contributed by atoms with Crippen molar-refractivity contribution in [2.45, 2.75) is 39.9 Å². The number of nitrogen functional groups attached to an aromatic ring is 1. The Balaban J connectivity index is 2.15. The third-order valence-electron chi connectivity index (χ3n) is 3.52. The molecule has 0 unspecified atom stereocenters. The van der Waals surface area contributed by atoms with Crippen LogP contribution in [0.1, 0.15) is 31.9 Å². The summed E-state index contributed by atoms with van der Waals surface area (Å²) in [6, 6.07) is 6.92. The summed E-state index contributed by atoms with van der Waals surface area (Å²) in [6.45, 7) is 9.00. The molecule has 1 aliphatic heterocycles. The van der Waals surface area contributed by atoms with Gasteiger partial charge in [0.1, 0.15) is 0 Å². The molecule has 0 saturated carbocycles. The van der Waals surface area contributed by atoms with E-state index in [0.29, 0.717) is 12.0 Å². The monoisotopic (exact) mass is 204 g/mol. The molecular weight excluding hydrogens is 184 g/mol. The first-order valence-corrected chi connectivity index (χ1v) is 5.69. The normalized spacial score (nSPS) is 18.1. The van der Waals surface area contributed by atoms with E-state index in [9.17, 15) is 0 Å². The molecule has 15 heavy (non-hydrogen) atoms. The Kier molecular flexibility index (Phi) is 2.70. The molecule has 82 valence electrons. The lowest BCUT2D eigenvalue weighted by molar-refractivity contribution is 0.170. The minimum absolute atomic E-state index is 0.638. The van der Waals surface area contributed by atoms with Gasteiger partial charge in [0, 0.05) is 24.8 Å². The second-order valence-corrected chi connectivity index (χ2v) is 4.92. The standard InChI is InChI=1S/C13H20N2/c1-9(2)10(3)15-7-11-4-5-13(14)6-12(11)8-15/h4-6,9-10H,7-8,14H2,1-3H3/t10-/m1/s1. The molecule has 1 aromatic rings. The fraction of sp³-hybridized carbons (Fsp3) is 0.538. The SMILES string of the molecule is CC(C)[C@@H](C)N1Cc2ccc(N)cc2C1. The minimum atomic E-state index is 0.638. The Hall–Kier alpha value is -1.02. The Morgan fingerprint density at radius 3 is 2.47 bits per heavy atom. The zero-order valence-corrected chi connectivity index (χ0v) is 9.83. The molecule has 0 radical (unpaired) electrons. The van der Waals surface area contributed by atoms with E-state index in [1.165, 1.54) is 11.1 Å². The van der Waals surface area contributed by atoms with Crippen LogP contribution in [-0.4, -0.2) is 10.9 Å². The number of benzene rings is 1. The van der Waals surface area contributed by atoms with Crippen LogP contribution in [0, 0.1) is 5.92 Å². The third kappa shape index (κ3) is 2.00. The van der Waals surface area contributed by atoms with Crippen LogP contribution in [0.4, 0.5) is 5.69 Å². The van der Waals surface area contributed by atoms with Crippen molar-refractivity contribution >= 4 is 5.69 Å². The van der Waals surface area contributed by atoms with Crippen LogP contribution in [-0.2, 0) is 13.1 Å². The Labute approximate surface area is 92.1 Å². The number of fused-ring (bicyclic) bond motifs is 1. The van der Waals surface area contributed by atoms with Crippen LogP contribution in [0.5, 0.6) is 0 Å². The average molecular weight is 204 g/mol. The van der Waals surface area contributed by atoms with Crippen molar-refractivity contribution in [3.05, 3.63) is 29.3 Å². The van der Waals surface area contributed by atoms with Crippen molar-refractivity contribution in [1.29, 1.82) is 0 Å². The zero-order chi connectivity index (χ0) is 11.0. The summed E-state index contributed by atoms with van der Waals surface area (Å²) in [5.41, 5.74) is 9.52. The molecule has 2 nitrogen and oxygen atoms in total. The topological polar surface area (TPSA) is 29.3 Å². The second-order valence-electron chi connectivity index (χ2n) is 4.92. The van der Waals surface area contributed by atoms with E-state index < -0.39 is 0 Å². The van der Waals surface area contributed by atoms with E-state index in [-0.39, 0.29) is 0 Å². The molecule has 2 heteroatoms. The quantitative estimate of drug-likeness (QED) is 0.750. The lowest BCUT2D eigenvalue weighted by Gasteiger charge is -2.26. The summed E-state index contributed by atoms with van der Waals surface area (Å²) in [4.78, 5) is 2.52. The minimum Gasteiger partial charge on any atom is -0.399 e. The number of rotatable bonds is 2.